The smallest absolute Gasteiger partial charge is 0.257 e. The number of hydrogen-bond acceptors (Lipinski definition) is 6. The molecule has 2 N–H and O–H groups in total. The minimum Gasteiger partial charge on any atom is -0.496 e. The highest BCUT2D eigenvalue weighted by Crippen LogP contribution is 2.38. The molecule has 3 aromatic rings. The number of H-pyrrole nitrogens is 1. The molecule has 1 heterocycles. The number of hydrogen-bond donors (Lipinski definition) is 2. The maximum Gasteiger partial charge on any atom is 0.257 e. The zero-order valence-corrected chi connectivity index (χ0v) is 16.0. The Morgan fingerprint density at radius 3 is 2.14 bits per heavy atom. The predicted molar refractivity (Wildman–Crippen MR) is 105 cm³/mol. The van der Waals surface area contributed by atoms with Gasteiger partial charge in [-0.05, 0) is 24.3 Å². The number of nitrogens with zero attached hydrogens (tertiary/aromatic N) is 1. The molecule has 0 radical (unpaired) electrons. The van der Waals surface area contributed by atoms with E-state index in [1.807, 2.05) is 24.3 Å². The first-order chi connectivity index (χ1) is 13.6. The Labute approximate surface area is 162 Å². The fourth-order valence-corrected chi connectivity index (χ4v) is 2.79. The molecule has 0 bridgehead atoms. The van der Waals surface area contributed by atoms with Crippen molar-refractivity contribution in [2.24, 2.45) is 0 Å². The number of carbonyl (C=O) groups is 1. The van der Waals surface area contributed by atoms with E-state index < -0.39 is 0 Å². The first-order valence-electron chi connectivity index (χ1n) is 8.41. The summed E-state index contributed by atoms with van der Waals surface area (Å²) in [5, 5.41) is 9.81. The van der Waals surface area contributed by atoms with Crippen molar-refractivity contribution in [3.05, 3.63) is 48.0 Å². The van der Waals surface area contributed by atoms with E-state index in [1.54, 1.807) is 25.3 Å². The van der Waals surface area contributed by atoms with Crippen molar-refractivity contribution in [2.75, 3.05) is 33.8 Å². The Morgan fingerprint density at radius 1 is 0.893 bits per heavy atom. The third kappa shape index (κ3) is 3.71. The SMILES string of the molecule is COc1ccccc1-c1cc(NC(=O)c2cc(OC)c(OC)c(OC)c2)n[nH]1. The van der Waals surface area contributed by atoms with E-state index in [1.165, 1.54) is 21.3 Å². The van der Waals surface area contributed by atoms with Crippen LogP contribution >= 0.6 is 0 Å². The number of methoxy groups -OCH3 is 4. The molecule has 0 atom stereocenters. The van der Waals surface area contributed by atoms with Crippen LogP contribution in [0.15, 0.2) is 42.5 Å². The third-order valence-electron chi connectivity index (χ3n) is 4.14. The number of benzene rings is 2. The van der Waals surface area contributed by atoms with Crippen LogP contribution in [0.25, 0.3) is 11.3 Å². The maximum absolute atomic E-state index is 12.7. The molecule has 0 aliphatic rings. The van der Waals surface area contributed by atoms with Crippen molar-refractivity contribution in [2.45, 2.75) is 0 Å². The van der Waals surface area contributed by atoms with Crippen LogP contribution in [0.2, 0.25) is 0 Å². The van der Waals surface area contributed by atoms with Crippen LogP contribution in [0, 0.1) is 0 Å². The molecule has 0 saturated heterocycles. The van der Waals surface area contributed by atoms with Gasteiger partial charge in [-0.2, -0.15) is 5.10 Å². The van der Waals surface area contributed by atoms with E-state index in [0.717, 1.165) is 11.3 Å². The van der Waals surface area contributed by atoms with Crippen molar-refractivity contribution in [3.63, 3.8) is 0 Å². The molecule has 0 unspecified atom stereocenters. The zero-order valence-electron chi connectivity index (χ0n) is 16.0. The minimum absolute atomic E-state index is 0.344. The summed E-state index contributed by atoms with van der Waals surface area (Å²) < 4.78 is 21.2. The summed E-state index contributed by atoms with van der Waals surface area (Å²) in [6.07, 6.45) is 0. The molecule has 146 valence electrons. The van der Waals surface area contributed by atoms with Crippen molar-refractivity contribution in [3.8, 4) is 34.3 Å². The van der Waals surface area contributed by atoms with E-state index in [2.05, 4.69) is 15.5 Å². The van der Waals surface area contributed by atoms with Crippen LogP contribution in [0.5, 0.6) is 23.0 Å². The van der Waals surface area contributed by atoms with Crippen molar-refractivity contribution in [1.29, 1.82) is 0 Å². The fourth-order valence-electron chi connectivity index (χ4n) is 2.79. The molecule has 8 nitrogen and oxygen atoms in total. The highest BCUT2D eigenvalue weighted by Gasteiger charge is 2.18. The van der Waals surface area contributed by atoms with E-state index >= 15 is 0 Å². The molecule has 3 rings (SSSR count). The molecular formula is C20H21N3O5. The second-order valence-corrected chi connectivity index (χ2v) is 5.74. The lowest BCUT2D eigenvalue weighted by Gasteiger charge is -2.13. The number of amides is 1. The van der Waals surface area contributed by atoms with Gasteiger partial charge in [0.25, 0.3) is 5.91 Å². The number of carbonyl (C=O) groups excluding carboxylic acids is 1. The van der Waals surface area contributed by atoms with Gasteiger partial charge in [-0.15, -0.1) is 0 Å². The van der Waals surface area contributed by atoms with Gasteiger partial charge in [0, 0.05) is 17.2 Å². The summed E-state index contributed by atoms with van der Waals surface area (Å²) in [5.74, 6) is 1.91. The molecular weight excluding hydrogens is 362 g/mol. The average Bonchev–Trinajstić information content (AvgIpc) is 3.20. The second-order valence-electron chi connectivity index (χ2n) is 5.74. The fraction of sp³-hybridized carbons (Fsp3) is 0.200. The summed E-state index contributed by atoms with van der Waals surface area (Å²) in [5.41, 5.74) is 1.90. The quantitative estimate of drug-likeness (QED) is 0.650. The number of para-hydroxylation sites is 1. The van der Waals surface area contributed by atoms with Gasteiger partial charge in [0.15, 0.2) is 17.3 Å². The van der Waals surface area contributed by atoms with Crippen LogP contribution < -0.4 is 24.3 Å². The standard InChI is InChI=1S/C20H21N3O5/c1-25-15-8-6-5-7-13(15)14-11-18(23-22-14)21-20(24)12-9-16(26-2)19(28-4)17(10-12)27-3/h5-11H,1-4H3,(H2,21,22,23,24). The van der Waals surface area contributed by atoms with Gasteiger partial charge in [0.05, 0.1) is 34.1 Å². The number of rotatable bonds is 7. The van der Waals surface area contributed by atoms with Crippen LogP contribution in [-0.2, 0) is 0 Å². The molecule has 0 spiro atoms. The first kappa shape index (κ1) is 19.1. The van der Waals surface area contributed by atoms with E-state index in [0.29, 0.717) is 34.4 Å². The summed E-state index contributed by atoms with van der Waals surface area (Å²) in [6.45, 7) is 0. The van der Waals surface area contributed by atoms with Gasteiger partial charge in [0.2, 0.25) is 5.75 Å². The number of aromatic amines is 1. The van der Waals surface area contributed by atoms with Crippen molar-refractivity contribution in [1.82, 2.24) is 10.2 Å². The molecule has 0 aliphatic heterocycles. The predicted octanol–water partition coefficient (Wildman–Crippen LogP) is 3.36. The maximum atomic E-state index is 12.7. The Balaban J connectivity index is 1.85. The normalized spacial score (nSPS) is 10.3. The van der Waals surface area contributed by atoms with E-state index in [-0.39, 0.29) is 5.91 Å². The average molecular weight is 383 g/mol. The van der Waals surface area contributed by atoms with Crippen LogP contribution in [0.1, 0.15) is 10.4 Å². The lowest BCUT2D eigenvalue weighted by Crippen LogP contribution is -2.13. The van der Waals surface area contributed by atoms with Crippen LogP contribution in [0.3, 0.4) is 0 Å². The van der Waals surface area contributed by atoms with Gasteiger partial charge >= 0.3 is 0 Å². The van der Waals surface area contributed by atoms with Crippen LogP contribution in [-0.4, -0.2) is 44.5 Å². The highest BCUT2D eigenvalue weighted by molar-refractivity contribution is 6.04. The van der Waals surface area contributed by atoms with Crippen LogP contribution in [0.4, 0.5) is 5.82 Å². The monoisotopic (exact) mass is 383 g/mol. The Kier molecular flexibility index (Phi) is 5.69. The summed E-state index contributed by atoms with van der Waals surface area (Å²) >= 11 is 0. The third-order valence-corrected chi connectivity index (χ3v) is 4.14. The summed E-state index contributed by atoms with van der Waals surface area (Å²) in [4.78, 5) is 12.7. The van der Waals surface area contributed by atoms with Gasteiger partial charge in [-0.1, -0.05) is 12.1 Å². The topological polar surface area (TPSA) is 94.7 Å². The zero-order chi connectivity index (χ0) is 20.1. The second kappa shape index (κ2) is 8.34. The number of anilines is 1. The molecule has 0 fully saturated rings. The van der Waals surface area contributed by atoms with E-state index in [4.69, 9.17) is 18.9 Å². The molecule has 8 heteroatoms. The molecule has 28 heavy (non-hydrogen) atoms. The Hall–Kier alpha value is -3.68. The van der Waals surface area contributed by atoms with E-state index in [9.17, 15) is 4.79 Å². The lowest BCUT2D eigenvalue weighted by molar-refractivity contribution is 0.102. The Bertz CT molecular complexity index is 958. The largest absolute Gasteiger partial charge is 0.496 e. The van der Waals surface area contributed by atoms with Crippen molar-refractivity contribution >= 4 is 11.7 Å². The number of nitrogens with one attached hydrogen (secondary N) is 2. The molecule has 2 aromatic carbocycles. The Morgan fingerprint density at radius 2 is 1.54 bits per heavy atom. The minimum atomic E-state index is -0.364. The number of ether oxygens (including phenoxy) is 4. The van der Waals surface area contributed by atoms with Gasteiger partial charge < -0.3 is 24.3 Å². The van der Waals surface area contributed by atoms with Crippen molar-refractivity contribution < 1.29 is 23.7 Å². The molecule has 1 amide bonds. The lowest BCUT2D eigenvalue weighted by atomic mass is 10.1. The van der Waals surface area contributed by atoms with Gasteiger partial charge in [0.1, 0.15) is 5.75 Å². The van der Waals surface area contributed by atoms with Gasteiger partial charge in [-0.3, -0.25) is 9.89 Å². The van der Waals surface area contributed by atoms with Gasteiger partial charge in [-0.25, -0.2) is 0 Å². The molecule has 0 aliphatic carbocycles. The first-order valence-corrected chi connectivity index (χ1v) is 8.41. The summed E-state index contributed by atoms with van der Waals surface area (Å²) in [6, 6.07) is 12.4. The molecule has 0 saturated carbocycles. The molecule has 1 aromatic heterocycles. The highest BCUT2D eigenvalue weighted by atomic mass is 16.5. The number of aromatic nitrogens is 2. The summed E-state index contributed by atoms with van der Waals surface area (Å²) in [7, 11) is 6.09.